The lowest BCUT2D eigenvalue weighted by molar-refractivity contribution is -0.137. The summed E-state index contributed by atoms with van der Waals surface area (Å²) >= 11 is 0. The number of nitrogens with one attached hydrogen (secondary N) is 2. The molecule has 3 rings (SSSR count). The number of fused-ring (bicyclic) bond motifs is 1. The molecule has 2 aromatic carbocycles. The van der Waals surface area contributed by atoms with Gasteiger partial charge in [-0.3, -0.25) is 4.79 Å². The van der Waals surface area contributed by atoms with E-state index in [9.17, 15) is 18.0 Å². The summed E-state index contributed by atoms with van der Waals surface area (Å²) in [4.78, 5) is 11.9. The van der Waals surface area contributed by atoms with E-state index in [2.05, 4.69) is 15.8 Å². The van der Waals surface area contributed by atoms with Gasteiger partial charge in [-0.05, 0) is 43.0 Å². The highest BCUT2D eigenvalue weighted by Gasteiger charge is 2.30. The van der Waals surface area contributed by atoms with E-state index in [0.29, 0.717) is 0 Å². The Bertz CT molecular complexity index is 831. The van der Waals surface area contributed by atoms with Gasteiger partial charge >= 0.3 is 6.18 Å². The Hall–Kier alpha value is -2.83. The number of hydrogen-bond donors (Lipinski definition) is 2. The van der Waals surface area contributed by atoms with Crippen LogP contribution in [0.4, 0.5) is 18.9 Å². The standard InChI is InChI=1S/C19H18F3N3O/c20-19(21,22)14-7-4-8-15(11-14)23-12-18(26)25-24-17-10-3-6-13-5-1-2-9-16(13)17/h1-2,4-5,7-9,11,23H,3,6,10,12H2,(H,25,26). The van der Waals surface area contributed by atoms with Crippen LogP contribution in [-0.4, -0.2) is 18.2 Å². The van der Waals surface area contributed by atoms with Gasteiger partial charge in [0.2, 0.25) is 0 Å². The summed E-state index contributed by atoms with van der Waals surface area (Å²) in [7, 11) is 0. The van der Waals surface area contributed by atoms with Crippen LogP contribution in [0, 0.1) is 0 Å². The number of anilines is 1. The highest BCUT2D eigenvalue weighted by molar-refractivity contribution is 6.03. The normalized spacial score (nSPS) is 15.4. The van der Waals surface area contributed by atoms with Crippen LogP contribution < -0.4 is 10.7 Å². The van der Waals surface area contributed by atoms with Crippen molar-refractivity contribution >= 4 is 17.3 Å². The van der Waals surface area contributed by atoms with Crippen molar-refractivity contribution in [2.45, 2.75) is 25.4 Å². The predicted molar refractivity (Wildman–Crippen MR) is 94.0 cm³/mol. The third-order valence-electron chi connectivity index (χ3n) is 4.15. The van der Waals surface area contributed by atoms with E-state index in [1.807, 2.05) is 24.3 Å². The van der Waals surface area contributed by atoms with E-state index < -0.39 is 17.6 Å². The Kier molecular flexibility index (Phi) is 5.25. The van der Waals surface area contributed by atoms with Crippen LogP contribution >= 0.6 is 0 Å². The molecular formula is C19H18F3N3O. The molecule has 0 radical (unpaired) electrons. The maximum absolute atomic E-state index is 12.7. The molecule has 2 aromatic rings. The number of nitrogens with zero attached hydrogens (tertiary/aromatic N) is 1. The first-order valence-corrected chi connectivity index (χ1v) is 8.28. The van der Waals surface area contributed by atoms with Crippen molar-refractivity contribution in [1.82, 2.24) is 5.43 Å². The molecule has 0 aliphatic heterocycles. The monoisotopic (exact) mass is 361 g/mol. The summed E-state index contributed by atoms with van der Waals surface area (Å²) in [5.41, 5.74) is 4.99. The number of rotatable bonds is 4. The van der Waals surface area contributed by atoms with Crippen molar-refractivity contribution in [2.75, 3.05) is 11.9 Å². The molecule has 4 nitrogen and oxygen atoms in total. The zero-order valence-electron chi connectivity index (χ0n) is 13.9. The van der Waals surface area contributed by atoms with Crippen molar-refractivity contribution in [2.24, 2.45) is 5.10 Å². The van der Waals surface area contributed by atoms with Crippen LogP contribution in [0.1, 0.15) is 29.5 Å². The second kappa shape index (κ2) is 7.59. The minimum atomic E-state index is -4.42. The molecule has 0 fully saturated rings. The molecule has 0 unspecified atom stereocenters. The van der Waals surface area contributed by atoms with Crippen molar-refractivity contribution in [3.8, 4) is 0 Å². The van der Waals surface area contributed by atoms with Gasteiger partial charge in [-0.15, -0.1) is 0 Å². The van der Waals surface area contributed by atoms with Crippen molar-refractivity contribution in [3.05, 3.63) is 65.2 Å². The van der Waals surface area contributed by atoms with Gasteiger partial charge in [-0.2, -0.15) is 18.3 Å². The zero-order valence-corrected chi connectivity index (χ0v) is 13.9. The third-order valence-corrected chi connectivity index (χ3v) is 4.15. The summed E-state index contributed by atoms with van der Waals surface area (Å²) in [6, 6.07) is 12.6. The number of hydrogen-bond acceptors (Lipinski definition) is 3. The SMILES string of the molecule is O=C(CNc1cccc(C(F)(F)F)c1)NN=C1CCCc2ccccc21. The van der Waals surface area contributed by atoms with Gasteiger partial charge in [-0.1, -0.05) is 30.3 Å². The summed E-state index contributed by atoms with van der Waals surface area (Å²) in [6.07, 6.45) is -1.69. The van der Waals surface area contributed by atoms with E-state index in [-0.39, 0.29) is 12.2 Å². The fraction of sp³-hybridized carbons (Fsp3) is 0.263. The predicted octanol–water partition coefficient (Wildman–Crippen LogP) is 3.97. The summed E-state index contributed by atoms with van der Waals surface area (Å²) in [6.45, 7) is -0.167. The fourth-order valence-electron chi connectivity index (χ4n) is 2.87. The topological polar surface area (TPSA) is 53.5 Å². The van der Waals surface area contributed by atoms with Crippen LogP contribution in [0.5, 0.6) is 0 Å². The van der Waals surface area contributed by atoms with Crippen LogP contribution in [0.2, 0.25) is 0 Å². The van der Waals surface area contributed by atoms with Crippen LogP contribution in [0.15, 0.2) is 53.6 Å². The number of aryl methyl sites for hydroxylation is 1. The quantitative estimate of drug-likeness (QED) is 0.810. The molecule has 0 saturated carbocycles. The lowest BCUT2D eigenvalue weighted by Gasteiger charge is -2.17. The molecule has 1 aliphatic carbocycles. The minimum absolute atomic E-state index is 0.167. The highest BCUT2D eigenvalue weighted by atomic mass is 19.4. The average Bonchev–Trinajstić information content (AvgIpc) is 2.64. The molecule has 0 heterocycles. The minimum Gasteiger partial charge on any atom is -0.376 e. The molecule has 7 heteroatoms. The van der Waals surface area contributed by atoms with Gasteiger partial charge in [0.25, 0.3) is 5.91 Å². The highest BCUT2D eigenvalue weighted by Crippen LogP contribution is 2.30. The van der Waals surface area contributed by atoms with E-state index in [0.717, 1.165) is 42.7 Å². The molecule has 1 amide bonds. The van der Waals surface area contributed by atoms with Crippen molar-refractivity contribution < 1.29 is 18.0 Å². The molecule has 0 bridgehead atoms. The Morgan fingerprint density at radius 3 is 2.69 bits per heavy atom. The number of benzene rings is 2. The zero-order chi connectivity index (χ0) is 18.6. The maximum Gasteiger partial charge on any atom is 0.416 e. The first kappa shape index (κ1) is 18.0. The fourth-order valence-corrected chi connectivity index (χ4v) is 2.87. The van der Waals surface area contributed by atoms with Gasteiger partial charge in [0.15, 0.2) is 0 Å². The lowest BCUT2D eigenvalue weighted by atomic mass is 9.90. The van der Waals surface area contributed by atoms with Crippen LogP contribution in [-0.2, 0) is 17.4 Å². The van der Waals surface area contributed by atoms with E-state index in [4.69, 9.17) is 0 Å². The van der Waals surface area contributed by atoms with Crippen molar-refractivity contribution in [3.63, 3.8) is 0 Å². The van der Waals surface area contributed by atoms with Gasteiger partial charge in [0.05, 0.1) is 17.8 Å². The summed E-state index contributed by atoms with van der Waals surface area (Å²) in [5.74, 6) is -0.419. The smallest absolute Gasteiger partial charge is 0.376 e. The molecule has 2 N–H and O–H groups in total. The van der Waals surface area contributed by atoms with E-state index in [1.54, 1.807) is 0 Å². The number of carbonyl (C=O) groups excluding carboxylic acids is 1. The Balaban J connectivity index is 1.59. The van der Waals surface area contributed by atoms with Crippen LogP contribution in [0.25, 0.3) is 0 Å². The second-order valence-corrected chi connectivity index (χ2v) is 6.04. The molecular weight excluding hydrogens is 343 g/mol. The third kappa shape index (κ3) is 4.41. The molecule has 26 heavy (non-hydrogen) atoms. The lowest BCUT2D eigenvalue weighted by Crippen LogP contribution is -2.28. The number of alkyl halides is 3. The summed E-state index contributed by atoms with van der Waals surface area (Å²) in [5, 5.41) is 6.87. The molecule has 0 aromatic heterocycles. The molecule has 136 valence electrons. The van der Waals surface area contributed by atoms with Crippen molar-refractivity contribution in [1.29, 1.82) is 0 Å². The Morgan fingerprint density at radius 2 is 1.88 bits per heavy atom. The number of halogens is 3. The number of hydrazone groups is 1. The largest absolute Gasteiger partial charge is 0.416 e. The molecule has 0 spiro atoms. The first-order chi connectivity index (χ1) is 12.4. The Labute approximate surface area is 149 Å². The molecule has 1 aliphatic rings. The van der Waals surface area contributed by atoms with Crippen LogP contribution in [0.3, 0.4) is 0 Å². The van der Waals surface area contributed by atoms with E-state index >= 15 is 0 Å². The van der Waals surface area contributed by atoms with Gasteiger partial charge in [0.1, 0.15) is 0 Å². The average molecular weight is 361 g/mol. The number of amides is 1. The maximum atomic E-state index is 12.7. The second-order valence-electron chi connectivity index (χ2n) is 6.04. The van der Waals surface area contributed by atoms with E-state index in [1.165, 1.54) is 17.7 Å². The van der Waals surface area contributed by atoms with Gasteiger partial charge in [-0.25, -0.2) is 5.43 Å². The van der Waals surface area contributed by atoms with Gasteiger partial charge in [0, 0.05) is 11.3 Å². The van der Waals surface area contributed by atoms with Gasteiger partial charge < -0.3 is 5.32 Å². The number of carbonyl (C=O) groups is 1. The molecule has 0 atom stereocenters. The first-order valence-electron chi connectivity index (χ1n) is 8.28. The Morgan fingerprint density at radius 1 is 1.08 bits per heavy atom. The molecule has 0 saturated heterocycles. The summed E-state index contributed by atoms with van der Waals surface area (Å²) < 4.78 is 38.1.